The van der Waals surface area contributed by atoms with Gasteiger partial charge in [0.2, 0.25) is 5.91 Å². The molecule has 1 aliphatic heterocycles. The molecule has 0 fully saturated rings. The van der Waals surface area contributed by atoms with Gasteiger partial charge in [0.25, 0.3) is 0 Å². The average Bonchev–Trinajstić information content (AvgIpc) is 2.39. The van der Waals surface area contributed by atoms with Crippen LogP contribution in [0.5, 0.6) is 11.5 Å². The molecule has 2 rings (SSSR count). The van der Waals surface area contributed by atoms with Crippen LogP contribution >= 0.6 is 0 Å². The standard InChI is InChI=1S/C12H16N2O3/c1-13-11(15)8-14-7-9-3-2-4-10-12(9)17-6-5-16-10/h2-4,14H,5-8H2,1H3,(H,13,15). The number of rotatable bonds is 4. The summed E-state index contributed by atoms with van der Waals surface area (Å²) in [6.07, 6.45) is 0. The summed E-state index contributed by atoms with van der Waals surface area (Å²) < 4.78 is 11.1. The number of nitrogens with one attached hydrogen (secondary N) is 2. The lowest BCUT2D eigenvalue weighted by Crippen LogP contribution is -2.31. The zero-order chi connectivity index (χ0) is 12.1. The van der Waals surface area contributed by atoms with Crippen LogP contribution in [0.4, 0.5) is 0 Å². The van der Waals surface area contributed by atoms with Gasteiger partial charge < -0.3 is 20.1 Å². The van der Waals surface area contributed by atoms with Crippen molar-refractivity contribution < 1.29 is 14.3 Å². The lowest BCUT2D eigenvalue weighted by Gasteiger charge is -2.21. The minimum atomic E-state index is -0.0352. The molecular formula is C12H16N2O3. The minimum absolute atomic E-state index is 0.0352. The molecule has 1 aromatic carbocycles. The maximum absolute atomic E-state index is 11.1. The quantitative estimate of drug-likeness (QED) is 0.789. The number of hydrogen-bond donors (Lipinski definition) is 2. The molecule has 1 heterocycles. The SMILES string of the molecule is CNC(=O)CNCc1cccc2c1OCCO2. The van der Waals surface area contributed by atoms with Crippen molar-refractivity contribution in [3.05, 3.63) is 23.8 Å². The summed E-state index contributed by atoms with van der Waals surface area (Å²) in [5, 5.41) is 5.61. The van der Waals surface area contributed by atoms with Crippen LogP contribution < -0.4 is 20.1 Å². The number of hydrogen-bond acceptors (Lipinski definition) is 4. The van der Waals surface area contributed by atoms with E-state index in [1.165, 1.54) is 0 Å². The van der Waals surface area contributed by atoms with Crippen LogP contribution in [-0.2, 0) is 11.3 Å². The van der Waals surface area contributed by atoms with Gasteiger partial charge in [-0.25, -0.2) is 0 Å². The van der Waals surface area contributed by atoms with Gasteiger partial charge in [0.1, 0.15) is 13.2 Å². The molecule has 0 atom stereocenters. The first kappa shape index (κ1) is 11.7. The van der Waals surface area contributed by atoms with Gasteiger partial charge in [-0.3, -0.25) is 4.79 Å². The summed E-state index contributed by atoms with van der Waals surface area (Å²) in [4.78, 5) is 11.1. The molecule has 0 saturated heterocycles. The fraction of sp³-hybridized carbons (Fsp3) is 0.417. The summed E-state index contributed by atoms with van der Waals surface area (Å²) in [7, 11) is 1.62. The van der Waals surface area contributed by atoms with Gasteiger partial charge in [-0.05, 0) is 6.07 Å². The van der Waals surface area contributed by atoms with E-state index < -0.39 is 0 Å². The molecule has 0 unspecified atom stereocenters. The Bertz CT molecular complexity index is 407. The molecule has 0 aromatic heterocycles. The van der Waals surface area contributed by atoms with E-state index in [9.17, 15) is 4.79 Å². The molecule has 1 aromatic rings. The number of para-hydroxylation sites is 1. The van der Waals surface area contributed by atoms with Crippen LogP contribution in [0.25, 0.3) is 0 Å². The van der Waals surface area contributed by atoms with Gasteiger partial charge in [-0.15, -0.1) is 0 Å². The summed E-state index contributed by atoms with van der Waals surface area (Å²) in [5.74, 6) is 1.52. The van der Waals surface area contributed by atoms with E-state index >= 15 is 0 Å². The van der Waals surface area contributed by atoms with E-state index in [2.05, 4.69) is 10.6 Å². The molecule has 2 N–H and O–H groups in total. The lowest BCUT2D eigenvalue weighted by molar-refractivity contribution is -0.119. The number of likely N-dealkylation sites (N-methyl/N-ethyl adjacent to an activating group) is 1. The van der Waals surface area contributed by atoms with Crippen molar-refractivity contribution in [2.24, 2.45) is 0 Å². The van der Waals surface area contributed by atoms with Gasteiger partial charge in [-0.2, -0.15) is 0 Å². The largest absolute Gasteiger partial charge is 0.486 e. The van der Waals surface area contributed by atoms with Crippen LogP contribution in [0.1, 0.15) is 5.56 Å². The van der Waals surface area contributed by atoms with Crippen molar-refractivity contribution in [2.45, 2.75) is 6.54 Å². The number of amides is 1. The van der Waals surface area contributed by atoms with Crippen LogP contribution in [-0.4, -0.2) is 32.7 Å². The van der Waals surface area contributed by atoms with Crippen molar-refractivity contribution in [1.82, 2.24) is 10.6 Å². The van der Waals surface area contributed by atoms with E-state index in [4.69, 9.17) is 9.47 Å². The predicted octanol–water partition coefficient (Wildman–Crippen LogP) is 0.293. The molecule has 92 valence electrons. The van der Waals surface area contributed by atoms with Crippen molar-refractivity contribution in [1.29, 1.82) is 0 Å². The second kappa shape index (κ2) is 5.54. The molecular weight excluding hydrogens is 220 g/mol. The fourth-order valence-electron chi connectivity index (χ4n) is 1.67. The summed E-state index contributed by atoms with van der Waals surface area (Å²) in [6, 6.07) is 5.77. The first-order chi connectivity index (χ1) is 8.31. The summed E-state index contributed by atoms with van der Waals surface area (Å²) >= 11 is 0. The number of carbonyl (C=O) groups is 1. The van der Waals surface area contributed by atoms with E-state index in [0.717, 1.165) is 17.1 Å². The summed E-state index contributed by atoms with van der Waals surface area (Å²) in [5.41, 5.74) is 1.01. The van der Waals surface area contributed by atoms with Gasteiger partial charge in [-0.1, -0.05) is 12.1 Å². The van der Waals surface area contributed by atoms with Crippen LogP contribution in [0.15, 0.2) is 18.2 Å². The monoisotopic (exact) mass is 236 g/mol. The van der Waals surface area contributed by atoms with Crippen LogP contribution in [0, 0.1) is 0 Å². The minimum Gasteiger partial charge on any atom is -0.486 e. The molecule has 1 aliphatic rings. The Morgan fingerprint density at radius 2 is 2.18 bits per heavy atom. The number of fused-ring (bicyclic) bond motifs is 1. The van der Waals surface area contributed by atoms with E-state index in [-0.39, 0.29) is 5.91 Å². The van der Waals surface area contributed by atoms with Crippen molar-refractivity contribution in [2.75, 3.05) is 26.8 Å². The highest BCUT2D eigenvalue weighted by Crippen LogP contribution is 2.33. The Morgan fingerprint density at radius 3 is 3.00 bits per heavy atom. The van der Waals surface area contributed by atoms with E-state index in [1.54, 1.807) is 7.05 Å². The molecule has 0 aliphatic carbocycles. The smallest absolute Gasteiger partial charge is 0.233 e. The Balaban J connectivity index is 1.98. The molecule has 17 heavy (non-hydrogen) atoms. The van der Waals surface area contributed by atoms with Gasteiger partial charge in [0.05, 0.1) is 6.54 Å². The Hall–Kier alpha value is -1.75. The first-order valence-corrected chi connectivity index (χ1v) is 5.60. The second-order valence-corrected chi connectivity index (χ2v) is 3.72. The van der Waals surface area contributed by atoms with E-state index in [1.807, 2.05) is 18.2 Å². The average molecular weight is 236 g/mol. The third-order valence-electron chi connectivity index (χ3n) is 2.53. The summed E-state index contributed by atoms with van der Waals surface area (Å²) in [6.45, 7) is 2.03. The van der Waals surface area contributed by atoms with Crippen molar-refractivity contribution >= 4 is 5.91 Å². The normalized spacial score (nSPS) is 13.2. The molecule has 1 amide bonds. The highest BCUT2D eigenvalue weighted by atomic mass is 16.6. The molecule has 0 bridgehead atoms. The second-order valence-electron chi connectivity index (χ2n) is 3.72. The third-order valence-corrected chi connectivity index (χ3v) is 2.53. The highest BCUT2D eigenvalue weighted by Gasteiger charge is 2.15. The van der Waals surface area contributed by atoms with Gasteiger partial charge in [0, 0.05) is 19.2 Å². The molecule has 0 radical (unpaired) electrons. The van der Waals surface area contributed by atoms with Crippen LogP contribution in [0.3, 0.4) is 0 Å². The third kappa shape index (κ3) is 2.88. The topological polar surface area (TPSA) is 59.6 Å². The van der Waals surface area contributed by atoms with Crippen molar-refractivity contribution in [3.63, 3.8) is 0 Å². The van der Waals surface area contributed by atoms with Crippen molar-refractivity contribution in [3.8, 4) is 11.5 Å². The fourth-order valence-corrected chi connectivity index (χ4v) is 1.67. The Kier molecular flexibility index (Phi) is 3.82. The number of ether oxygens (including phenoxy) is 2. The number of benzene rings is 1. The molecule has 0 spiro atoms. The molecule has 5 heteroatoms. The zero-order valence-electron chi connectivity index (χ0n) is 9.79. The molecule has 0 saturated carbocycles. The van der Waals surface area contributed by atoms with Gasteiger partial charge >= 0.3 is 0 Å². The Labute approximate surface area is 100 Å². The first-order valence-electron chi connectivity index (χ1n) is 5.60. The van der Waals surface area contributed by atoms with Gasteiger partial charge in [0.15, 0.2) is 11.5 Å². The highest BCUT2D eigenvalue weighted by molar-refractivity contribution is 5.77. The zero-order valence-corrected chi connectivity index (χ0v) is 9.79. The lowest BCUT2D eigenvalue weighted by atomic mass is 10.1. The predicted molar refractivity (Wildman–Crippen MR) is 63.2 cm³/mol. The van der Waals surface area contributed by atoms with E-state index in [0.29, 0.717) is 26.3 Å². The maximum Gasteiger partial charge on any atom is 0.233 e. The number of carbonyl (C=O) groups excluding carboxylic acids is 1. The molecule has 5 nitrogen and oxygen atoms in total. The van der Waals surface area contributed by atoms with Crippen LogP contribution in [0.2, 0.25) is 0 Å². The Morgan fingerprint density at radius 1 is 1.35 bits per heavy atom. The maximum atomic E-state index is 11.1.